The van der Waals surface area contributed by atoms with Crippen LogP contribution >= 0.6 is 22.9 Å². The van der Waals surface area contributed by atoms with E-state index in [1.54, 1.807) is 11.3 Å². The van der Waals surface area contributed by atoms with Gasteiger partial charge in [-0.3, -0.25) is 0 Å². The van der Waals surface area contributed by atoms with Crippen LogP contribution in [0.25, 0.3) is 0 Å². The number of hydrogen-bond acceptors (Lipinski definition) is 3. The van der Waals surface area contributed by atoms with Crippen molar-refractivity contribution in [1.29, 1.82) is 0 Å². The molecule has 0 spiro atoms. The van der Waals surface area contributed by atoms with Crippen LogP contribution in [-0.2, 0) is 6.54 Å². The third-order valence-electron chi connectivity index (χ3n) is 1.71. The Bertz CT molecular complexity index is 237. The maximum atomic E-state index is 5.80. The molecule has 0 amide bonds. The lowest BCUT2D eigenvalue weighted by Gasteiger charge is -2.01. The van der Waals surface area contributed by atoms with E-state index in [-0.39, 0.29) is 0 Å². The number of rotatable bonds is 6. The molecule has 0 aliphatic rings. The second-order valence-electron chi connectivity index (χ2n) is 2.84. The minimum absolute atomic E-state index is 0.868. The van der Waals surface area contributed by atoms with Crippen LogP contribution in [0.3, 0.4) is 0 Å². The zero-order chi connectivity index (χ0) is 9.52. The molecule has 1 aromatic heterocycles. The number of halogens is 1. The molecular weight excluding hydrogens is 204 g/mol. The Balaban J connectivity index is 2.06. The molecule has 0 aliphatic carbocycles. The third-order valence-corrected chi connectivity index (χ3v) is 2.94. The molecule has 2 nitrogen and oxygen atoms in total. The van der Waals surface area contributed by atoms with Gasteiger partial charge in [-0.2, -0.15) is 0 Å². The summed E-state index contributed by atoms with van der Waals surface area (Å²) in [6, 6.07) is 4.01. The van der Waals surface area contributed by atoms with Crippen molar-refractivity contribution >= 4 is 22.9 Å². The molecule has 0 radical (unpaired) electrons. The molecule has 0 aromatic carbocycles. The van der Waals surface area contributed by atoms with Gasteiger partial charge in [-0.05, 0) is 38.7 Å². The lowest BCUT2D eigenvalue weighted by molar-refractivity contribution is 0.629. The lowest BCUT2D eigenvalue weighted by atomic mass is 10.4. The van der Waals surface area contributed by atoms with E-state index in [4.69, 9.17) is 11.6 Å². The van der Waals surface area contributed by atoms with E-state index >= 15 is 0 Å². The first kappa shape index (κ1) is 11.0. The lowest BCUT2D eigenvalue weighted by Crippen LogP contribution is -2.18. The van der Waals surface area contributed by atoms with Crippen LogP contribution in [0.4, 0.5) is 0 Å². The van der Waals surface area contributed by atoms with Gasteiger partial charge in [-0.1, -0.05) is 11.6 Å². The van der Waals surface area contributed by atoms with Crippen LogP contribution in [0.2, 0.25) is 4.34 Å². The van der Waals surface area contributed by atoms with E-state index in [9.17, 15) is 0 Å². The Morgan fingerprint density at radius 3 is 2.85 bits per heavy atom. The van der Waals surface area contributed by atoms with Gasteiger partial charge in [-0.15, -0.1) is 11.3 Å². The molecule has 0 unspecified atom stereocenters. The normalized spacial score (nSPS) is 10.6. The summed E-state index contributed by atoms with van der Waals surface area (Å²) >= 11 is 7.44. The molecule has 0 saturated carbocycles. The van der Waals surface area contributed by atoms with Crippen LogP contribution in [0, 0.1) is 0 Å². The van der Waals surface area contributed by atoms with Gasteiger partial charge in [0.25, 0.3) is 0 Å². The van der Waals surface area contributed by atoms with Crippen molar-refractivity contribution in [1.82, 2.24) is 10.6 Å². The monoisotopic (exact) mass is 218 g/mol. The van der Waals surface area contributed by atoms with Crippen molar-refractivity contribution in [2.45, 2.75) is 13.0 Å². The second-order valence-corrected chi connectivity index (χ2v) is 4.64. The van der Waals surface area contributed by atoms with E-state index in [0.717, 1.165) is 30.4 Å². The largest absolute Gasteiger partial charge is 0.320 e. The highest BCUT2D eigenvalue weighted by molar-refractivity contribution is 7.16. The van der Waals surface area contributed by atoms with Crippen LogP contribution in [0.15, 0.2) is 12.1 Å². The molecule has 1 aromatic rings. The highest BCUT2D eigenvalue weighted by Gasteiger charge is 1.96. The molecule has 0 fully saturated rings. The van der Waals surface area contributed by atoms with E-state index in [1.165, 1.54) is 4.88 Å². The maximum absolute atomic E-state index is 5.80. The predicted octanol–water partition coefficient (Wildman–Crippen LogP) is 2.10. The Morgan fingerprint density at radius 2 is 2.23 bits per heavy atom. The van der Waals surface area contributed by atoms with Gasteiger partial charge in [0.2, 0.25) is 0 Å². The predicted molar refractivity (Wildman–Crippen MR) is 59.6 cm³/mol. The molecule has 74 valence electrons. The van der Waals surface area contributed by atoms with Crippen molar-refractivity contribution in [3.05, 3.63) is 21.3 Å². The van der Waals surface area contributed by atoms with Gasteiger partial charge in [0, 0.05) is 11.4 Å². The first-order valence-corrected chi connectivity index (χ1v) is 5.62. The van der Waals surface area contributed by atoms with E-state index in [2.05, 4.69) is 16.7 Å². The number of nitrogens with one attached hydrogen (secondary N) is 2. The average Bonchev–Trinajstić information content (AvgIpc) is 2.51. The van der Waals surface area contributed by atoms with Gasteiger partial charge < -0.3 is 10.6 Å². The SMILES string of the molecule is CNCCCNCc1ccc(Cl)s1. The van der Waals surface area contributed by atoms with Gasteiger partial charge in [0.05, 0.1) is 4.34 Å². The molecule has 1 heterocycles. The summed E-state index contributed by atoms with van der Waals surface area (Å²) < 4.78 is 0.868. The molecule has 13 heavy (non-hydrogen) atoms. The third kappa shape index (κ3) is 4.62. The topological polar surface area (TPSA) is 24.1 Å². The maximum Gasteiger partial charge on any atom is 0.0931 e. The summed E-state index contributed by atoms with van der Waals surface area (Å²) in [5, 5.41) is 6.47. The van der Waals surface area contributed by atoms with E-state index in [0.29, 0.717) is 0 Å². The fourth-order valence-electron chi connectivity index (χ4n) is 1.05. The van der Waals surface area contributed by atoms with Crippen LogP contribution in [0.1, 0.15) is 11.3 Å². The summed E-state index contributed by atoms with van der Waals surface area (Å²) in [6.45, 7) is 3.05. The van der Waals surface area contributed by atoms with Crippen molar-refractivity contribution in [2.24, 2.45) is 0 Å². The van der Waals surface area contributed by atoms with Gasteiger partial charge >= 0.3 is 0 Å². The molecule has 4 heteroatoms. The van der Waals surface area contributed by atoms with Gasteiger partial charge in [-0.25, -0.2) is 0 Å². The van der Waals surface area contributed by atoms with Crippen LogP contribution in [0.5, 0.6) is 0 Å². The highest BCUT2D eigenvalue weighted by atomic mass is 35.5. The quantitative estimate of drug-likeness (QED) is 0.715. The van der Waals surface area contributed by atoms with Gasteiger partial charge in [0.15, 0.2) is 0 Å². The molecule has 2 N–H and O–H groups in total. The van der Waals surface area contributed by atoms with Crippen molar-refractivity contribution in [2.75, 3.05) is 20.1 Å². The average molecular weight is 219 g/mol. The number of thiophene rings is 1. The zero-order valence-electron chi connectivity index (χ0n) is 7.77. The molecule has 0 bridgehead atoms. The Hall–Kier alpha value is -0.0900. The fourth-order valence-corrected chi connectivity index (χ4v) is 2.11. The highest BCUT2D eigenvalue weighted by Crippen LogP contribution is 2.20. The number of hydrogen-bond donors (Lipinski definition) is 2. The first-order chi connectivity index (χ1) is 6.33. The molecule has 0 atom stereocenters. The van der Waals surface area contributed by atoms with Crippen molar-refractivity contribution in [3.8, 4) is 0 Å². The van der Waals surface area contributed by atoms with E-state index < -0.39 is 0 Å². The standard InChI is InChI=1S/C9H15ClN2S/c1-11-5-2-6-12-7-8-3-4-9(10)13-8/h3-4,11-12H,2,5-7H2,1H3. The summed E-state index contributed by atoms with van der Waals surface area (Å²) in [6.07, 6.45) is 1.16. The molecule has 0 aliphatic heterocycles. The first-order valence-electron chi connectivity index (χ1n) is 4.42. The summed E-state index contributed by atoms with van der Waals surface area (Å²) in [7, 11) is 1.97. The van der Waals surface area contributed by atoms with E-state index in [1.807, 2.05) is 13.1 Å². The molecule has 1 rings (SSSR count). The molecular formula is C9H15ClN2S. The molecule has 0 saturated heterocycles. The summed E-state index contributed by atoms with van der Waals surface area (Å²) in [5.74, 6) is 0. The summed E-state index contributed by atoms with van der Waals surface area (Å²) in [5.41, 5.74) is 0. The Morgan fingerprint density at radius 1 is 1.38 bits per heavy atom. The smallest absolute Gasteiger partial charge is 0.0931 e. The minimum Gasteiger partial charge on any atom is -0.320 e. The Kier molecular flexibility index (Phi) is 5.39. The zero-order valence-corrected chi connectivity index (χ0v) is 9.34. The van der Waals surface area contributed by atoms with Crippen LogP contribution in [-0.4, -0.2) is 20.1 Å². The van der Waals surface area contributed by atoms with Crippen LogP contribution < -0.4 is 10.6 Å². The fraction of sp³-hybridized carbons (Fsp3) is 0.556. The Labute approximate surface area is 88.3 Å². The van der Waals surface area contributed by atoms with Crippen molar-refractivity contribution < 1.29 is 0 Å². The second kappa shape index (κ2) is 6.38. The van der Waals surface area contributed by atoms with Crippen molar-refractivity contribution in [3.63, 3.8) is 0 Å². The van der Waals surface area contributed by atoms with Gasteiger partial charge in [0.1, 0.15) is 0 Å². The minimum atomic E-state index is 0.868. The summed E-state index contributed by atoms with van der Waals surface area (Å²) in [4.78, 5) is 1.30.